The SMILES string of the molecule is Cc1cccc(CN2CCC(Nc3cc(C#N)c4cc([N+](=O)[O-])ccc4n3)CC2)c1. The molecule has 7 heteroatoms. The van der Waals surface area contributed by atoms with Crippen LogP contribution in [0.2, 0.25) is 0 Å². The fourth-order valence-corrected chi connectivity index (χ4v) is 4.01. The van der Waals surface area contributed by atoms with Gasteiger partial charge in [-0.25, -0.2) is 4.98 Å². The average Bonchev–Trinajstić information content (AvgIpc) is 2.74. The van der Waals surface area contributed by atoms with Gasteiger partial charge in [-0.3, -0.25) is 15.0 Å². The minimum Gasteiger partial charge on any atom is -0.367 e. The van der Waals surface area contributed by atoms with Crippen molar-refractivity contribution in [3.05, 3.63) is 75.3 Å². The number of benzene rings is 2. The summed E-state index contributed by atoms with van der Waals surface area (Å²) in [6.07, 6.45) is 1.99. The van der Waals surface area contributed by atoms with Crippen molar-refractivity contribution < 1.29 is 4.92 Å². The minimum atomic E-state index is -0.461. The van der Waals surface area contributed by atoms with Crippen LogP contribution in [-0.4, -0.2) is 33.9 Å². The van der Waals surface area contributed by atoms with Gasteiger partial charge in [0, 0.05) is 43.2 Å². The second-order valence-corrected chi connectivity index (χ2v) is 7.81. The number of piperidine rings is 1. The number of nitriles is 1. The normalized spacial score (nSPS) is 15.1. The highest BCUT2D eigenvalue weighted by atomic mass is 16.6. The molecule has 4 rings (SSSR count). The van der Waals surface area contributed by atoms with Gasteiger partial charge in [0.1, 0.15) is 5.82 Å². The lowest BCUT2D eigenvalue weighted by molar-refractivity contribution is -0.384. The molecule has 0 amide bonds. The van der Waals surface area contributed by atoms with Gasteiger partial charge in [0.05, 0.1) is 22.1 Å². The van der Waals surface area contributed by atoms with Gasteiger partial charge in [0.15, 0.2) is 0 Å². The number of anilines is 1. The third-order valence-corrected chi connectivity index (χ3v) is 5.55. The van der Waals surface area contributed by atoms with E-state index in [0.29, 0.717) is 22.3 Å². The van der Waals surface area contributed by atoms with Gasteiger partial charge in [-0.05, 0) is 37.5 Å². The third kappa shape index (κ3) is 4.39. The highest BCUT2D eigenvalue weighted by Crippen LogP contribution is 2.26. The summed E-state index contributed by atoms with van der Waals surface area (Å²) < 4.78 is 0. The molecule has 1 saturated heterocycles. The molecule has 0 bridgehead atoms. The monoisotopic (exact) mass is 401 g/mol. The van der Waals surface area contributed by atoms with Crippen LogP contribution in [0, 0.1) is 28.4 Å². The number of nitrogens with zero attached hydrogens (tertiary/aromatic N) is 4. The average molecular weight is 401 g/mol. The molecule has 0 spiro atoms. The molecule has 0 atom stereocenters. The fourth-order valence-electron chi connectivity index (χ4n) is 4.01. The van der Waals surface area contributed by atoms with Gasteiger partial charge < -0.3 is 5.32 Å². The van der Waals surface area contributed by atoms with E-state index < -0.39 is 4.92 Å². The third-order valence-electron chi connectivity index (χ3n) is 5.55. The number of fused-ring (bicyclic) bond motifs is 1. The lowest BCUT2D eigenvalue weighted by atomic mass is 10.0. The van der Waals surface area contributed by atoms with E-state index in [9.17, 15) is 15.4 Å². The molecular formula is C23H23N5O2. The molecule has 1 aromatic heterocycles. The predicted octanol–water partition coefficient (Wildman–Crippen LogP) is 4.40. The Hall–Kier alpha value is -3.50. The van der Waals surface area contributed by atoms with E-state index in [4.69, 9.17) is 0 Å². The summed E-state index contributed by atoms with van der Waals surface area (Å²) in [5.74, 6) is 0.644. The zero-order valence-electron chi connectivity index (χ0n) is 16.8. The van der Waals surface area contributed by atoms with Crippen molar-refractivity contribution >= 4 is 22.4 Å². The number of rotatable bonds is 5. The van der Waals surface area contributed by atoms with Crippen LogP contribution in [0.5, 0.6) is 0 Å². The first-order chi connectivity index (χ1) is 14.5. The molecule has 1 fully saturated rings. The summed E-state index contributed by atoms with van der Waals surface area (Å²) in [6.45, 7) is 5.07. The van der Waals surface area contributed by atoms with E-state index in [-0.39, 0.29) is 11.7 Å². The van der Waals surface area contributed by atoms with Crippen LogP contribution in [-0.2, 0) is 6.54 Å². The highest BCUT2D eigenvalue weighted by molar-refractivity contribution is 5.88. The lowest BCUT2D eigenvalue weighted by Gasteiger charge is -2.32. The number of aryl methyl sites for hydroxylation is 1. The Morgan fingerprint density at radius 3 is 2.73 bits per heavy atom. The van der Waals surface area contributed by atoms with Gasteiger partial charge >= 0.3 is 0 Å². The van der Waals surface area contributed by atoms with Crippen LogP contribution in [0.15, 0.2) is 48.5 Å². The van der Waals surface area contributed by atoms with Gasteiger partial charge in [-0.2, -0.15) is 5.26 Å². The Bertz CT molecular complexity index is 1130. The number of likely N-dealkylation sites (tertiary alicyclic amines) is 1. The zero-order chi connectivity index (χ0) is 21.1. The van der Waals surface area contributed by atoms with E-state index in [1.165, 1.54) is 23.3 Å². The van der Waals surface area contributed by atoms with Crippen LogP contribution >= 0.6 is 0 Å². The number of hydrogen-bond donors (Lipinski definition) is 1. The number of nitro groups is 1. The first kappa shape index (κ1) is 19.8. The van der Waals surface area contributed by atoms with Crippen LogP contribution in [0.1, 0.15) is 29.5 Å². The first-order valence-electron chi connectivity index (χ1n) is 10.1. The van der Waals surface area contributed by atoms with Crippen molar-refractivity contribution in [1.29, 1.82) is 5.26 Å². The molecule has 0 aliphatic carbocycles. The highest BCUT2D eigenvalue weighted by Gasteiger charge is 2.20. The Kier molecular flexibility index (Phi) is 5.59. The van der Waals surface area contributed by atoms with Crippen LogP contribution in [0.25, 0.3) is 10.9 Å². The van der Waals surface area contributed by atoms with Crippen LogP contribution in [0.3, 0.4) is 0 Å². The molecule has 0 unspecified atom stereocenters. The van der Waals surface area contributed by atoms with Crippen LogP contribution in [0.4, 0.5) is 11.5 Å². The minimum absolute atomic E-state index is 0.0394. The smallest absolute Gasteiger partial charge is 0.270 e. The molecule has 0 saturated carbocycles. The molecule has 3 aromatic rings. The van der Waals surface area contributed by atoms with Crippen molar-refractivity contribution in [1.82, 2.24) is 9.88 Å². The summed E-state index contributed by atoms with van der Waals surface area (Å²) in [7, 11) is 0. The van der Waals surface area contributed by atoms with E-state index in [0.717, 1.165) is 32.5 Å². The zero-order valence-corrected chi connectivity index (χ0v) is 16.8. The summed E-state index contributed by atoms with van der Waals surface area (Å²) in [6, 6.07) is 17.2. The molecule has 1 aliphatic rings. The van der Waals surface area contributed by atoms with Crippen molar-refractivity contribution in [2.75, 3.05) is 18.4 Å². The molecule has 2 heterocycles. The second-order valence-electron chi connectivity index (χ2n) is 7.81. The number of non-ortho nitro benzene ring substituents is 1. The molecule has 2 aromatic carbocycles. The molecule has 1 aliphatic heterocycles. The van der Waals surface area contributed by atoms with Gasteiger partial charge in [0.25, 0.3) is 5.69 Å². The quantitative estimate of drug-likeness (QED) is 0.503. The standard InChI is InChI=1S/C23H23N5O2/c1-16-3-2-4-17(11-16)15-27-9-7-19(8-10-27)25-23-12-18(14-24)21-13-20(28(29)30)5-6-22(21)26-23/h2-6,11-13,19H,7-10,15H2,1H3,(H,25,26). The maximum absolute atomic E-state index is 11.0. The molecule has 0 radical (unpaired) electrons. The maximum atomic E-state index is 11.0. The second kappa shape index (κ2) is 8.47. The summed E-state index contributed by atoms with van der Waals surface area (Å²) >= 11 is 0. The lowest BCUT2D eigenvalue weighted by Crippen LogP contribution is -2.38. The summed E-state index contributed by atoms with van der Waals surface area (Å²) in [5, 5.41) is 24.5. The Morgan fingerprint density at radius 2 is 2.03 bits per heavy atom. The Labute approximate surface area is 175 Å². The van der Waals surface area contributed by atoms with Crippen LogP contribution < -0.4 is 5.32 Å². The topological polar surface area (TPSA) is 95.1 Å². The van der Waals surface area contributed by atoms with Crippen molar-refractivity contribution in [2.45, 2.75) is 32.4 Å². The van der Waals surface area contributed by atoms with E-state index in [1.807, 2.05) is 0 Å². The first-order valence-corrected chi connectivity index (χ1v) is 10.1. The molecule has 152 valence electrons. The molecule has 1 N–H and O–H groups in total. The number of pyridine rings is 1. The molecular weight excluding hydrogens is 378 g/mol. The van der Waals surface area contributed by atoms with Crippen molar-refractivity contribution in [2.24, 2.45) is 0 Å². The summed E-state index contributed by atoms with van der Waals surface area (Å²) in [5.41, 5.74) is 3.56. The largest absolute Gasteiger partial charge is 0.367 e. The number of nitrogens with one attached hydrogen (secondary N) is 1. The van der Waals surface area contributed by atoms with E-state index in [2.05, 4.69) is 52.5 Å². The molecule has 30 heavy (non-hydrogen) atoms. The number of nitro benzene ring substituents is 1. The fraction of sp³-hybridized carbons (Fsp3) is 0.304. The summed E-state index contributed by atoms with van der Waals surface area (Å²) in [4.78, 5) is 17.6. The Morgan fingerprint density at radius 1 is 1.23 bits per heavy atom. The number of aromatic nitrogens is 1. The predicted molar refractivity (Wildman–Crippen MR) is 116 cm³/mol. The Balaban J connectivity index is 1.43. The van der Waals surface area contributed by atoms with Gasteiger partial charge in [-0.1, -0.05) is 29.8 Å². The van der Waals surface area contributed by atoms with Crippen molar-refractivity contribution in [3.8, 4) is 6.07 Å². The number of hydrogen-bond acceptors (Lipinski definition) is 6. The van der Waals surface area contributed by atoms with Crippen molar-refractivity contribution in [3.63, 3.8) is 0 Å². The molecule has 7 nitrogen and oxygen atoms in total. The van der Waals surface area contributed by atoms with Gasteiger partial charge in [0.2, 0.25) is 0 Å². The maximum Gasteiger partial charge on any atom is 0.270 e. The van der Waals surface area contributed by atoms with E-state index >= 15 is 0 Å². The van der Waals surface area contributed by atoms with Gasteiger partial charge in [-0.15, -0.1) is 0 Å². The van der Waals surface area contributed by atoms with E-state index in [1.54, 1.807) is 12.1 Å².